The van der Waals surface area contributed by atoms with Crippen LogP contribution in [0.25, 0.3) is 10.9 Å². The predicted molar refractivity (Wildman–Crippen MR) is 85.6 cm³/mol. The van der Waals surface area contributed by atoms with E-state index in [-0.39, 0.29) is 21.4 Å². The summed E-state index contributed by atoms with van der Waals surface area (Å²) in [5.41, 5.74) is -0.562. The molecule has 3 rings (SSSR count). The zero-order chi connectivity index (χ0) is 16.8. The molecule has 23 heavy (non-hydrogen) atoms. The Kier molecular flexibility index (Phi) is 3.73. The van der Waals surface area contributed by atoms with Crippen molar-refractivity contribution in [2.75, 3.05) is 0 Å². The van der Waals surface area contributed by atoms with E-state index in [2.05, 4.69) is 15.9 Å². The van der Waals surface area contributed by atoms with Crippen LogP contribution in [0.2, 0.25) is 0 Å². The Bertz CT molecular complexity index is 1030. The molecule has 0 aliphatic rings. The molecule has 0 aliphatic carbocycles. The van der Waals surface area contributed by atoms with E-state index in [0.717, 1.165) is 12.3 Å². The normalized spacial score (nSPS) is 11.7. The summed E-state index contributed by atoms with van der Waals surface area (Å²) in [5.74, 6) is -2.14. The zero-order valence-electron chi connectivity index (χ0n) is 11.4. The van der Waals surface area contributed by atoms with Crippen LogP contribution in [0.4, 0.5) is 4.39 Å². The number of hydrogen-bond acceptors (Lipinski definition) is 3. The number of nitrogens with zero attached hydrogens (tertiary/aromatic N) is 1. The first-order valence-electron chi connectivity index (χ1n) is 6.36. The van der Waals surface area contributed by atoms with Gasteiger partial charge in [0, 0.05) is 16.1 Å². The summed E-state index contributed by atoms with van der Waals surface area (Å²) in [6.45, 7) is 0. The Morgan fingerprint density at radius 2 is 1.78 bits per heavy atom. The summed E-state index contributed by atoms with van der Waals surface area (Å²) in [5, 5.41) is 9.25. The Morgan fingerprint density at radius 3 is 2.39 bits per heavy atom. The zero-order valence-corrected chi connectivity index (χ0v) is 13.8. The highest BCUT2D eigenvalue weighted by Gasteiger charge is 2.25. The van der Waals surface area contributed by atoms with Gasteiger partial charge in [-0.2, -0.15) is 0 Å². The van der Waals surface area contributed by atoms with Crippen molar-refractivity contribution in [2.45, 2.75) is 4.90 Å². The fourth-order valence-corrected chi connectivity index (χ4v) is 3.93. The predicted octanol–water partition coefficient (Wildman–Crippen LogP) is 3.48. The van der Waals surface area contributed by atoms with Crippen LogP contribution in [0.15, 0.2) is 58.0 Å². The van der Waals surface area contributed by atoms with Crippen LogP contribution in [0.3, 0.4) is 0 Å². The molecule has 0 aliphatic heterocycles. The van der Waals surface area contributed by atoms with Gasteiger partial charge in [-0.05, 0) is 30.3 Å². The highest BCUT2D eigenvalue weighted by atomic mass is 79.9. The number of benzene rings is 2. The molecule has 1 N–H and O–H groups in total. The average Bonchev–Trinajstić information content (AvgIpc) is 2.89. The fourth-order valence-electron chi connectivity index (χ4n) is 2.29. The van der Waals surface area contributed by atoms with Crippen LogP contribution in [-0.4, -0.2) is 23.5 Å². The Labute approximate surface area is 139 Å². The minimum atomic E-state index is -4.13. The van der Waals surface area contributed by atoms with Gasteiger partial charge in [0.2, 0.25) is 0 Å². The molecule has 0 saturated heterocycles. The quantitative estimate of drug-likeness (QED) is 0.733. The van der Waals surface area contributed by atoms with E-state index < -0.39 is 21.8 Å². The minimum absolute atomic E-state index is 0.0261. The first-order valence-corrected chi connectivity index (χ1v) is 8.59. The number of carbonyl (C=O) groups is 1. The second-order valence-corrected chi connectivity index (χ2v) is 7.47. The number of fused-ring (bicyclic) bond motifs is 1. The van der Waals surface area contributed by atoms with Crippen LogP contribution >= 0.6 is 15.9 Å². The maximum atomic E-state index is 14.1. The van der Waals surface area contributed by atoms with E-state index in [1.165, 1.54) is 36.4 Å². The lowest BCUT2D eigenvalue weighted by Crippen LogP contribution is -2.12. The molecule has 1 aromatic heterocycles. The maximum Gasteiger partial charge on any atom is 0.337 e. The molecule has 0 unspecified atom stereocenters. The molecule has 5 nitrogen and oxygen atoms in total. The Morgan fingerprint density at radius 1 is 1.13 bits per heavy atom. The van der Waals surface area contributed by atoms with Crippen molar-refractivity contribution in [1.29, 1.82) is 0 Å². The molecule has 3 aromatic rings. The lowest BCUT2D eigenvalue weighted by atomic mass is 10.2. The van der Waals surface area contributed by atoms with Gasteiger partial charge in [0.15, 0.2) is 0 Å². The molecule has 0 fully saturated rings. The van der Waals surface area contributed by atoms with Gasteiger partial charge < -0.3 is 5.11 Å². The van der Waals surface area contributed by atoms with Crippen LogP contribution in [0.5, 0.6) is 0 Å². The summed E-state index contributed by atoms with van der Waals surface area (Å²) in [4.78, 5) is 11.2. The number of carboxylic acids is 1. The minimum Gasteiger partial charge on any atom is -0.478 e. The molecule has 0 saturated carbocycles. The molecule has 8 heteroatoms. The number of rotatable bonds is 3. The van der Waals surface area contributed by atoms with Crippen molar-refractivity contribution in [3.05, 3.63) is 64.5 Å². The molecule has 0 spiro atoms. The SMILES string of the molecule is O=C(O)c1cn(S(=O)(=O)c2ccc(Br)cc2)c2c(F)cccc12. The summed E-state index contributed by atoms with van der Waals surface area (Å²) in [7, 11) is -4.13. The molecule has 2 aromatic carbocycles. The fraction of sp³-hybridized carbons (Fsp3) is 0. The third-order valence-electron chi connectivity index (χ3n) is 3.34. The smallest absolute Gasteiger partial charge is 0.337 e. The number of aromatic carboxylic acids is 1. The first kappa shape index (κ1) is 15.7. The standard InChI is InChI=1S/C15H9BrFNO4S/c16-9-4-6-10(7-5-9)23(21,22)18-8-12(15(19)20)11-2-1-3-13(17)14(11)18/h1-8H,(H,19,20). The van der Waals surface area contributed by atoms with Gasteiger partial charge in [-0.25, -0.2) is 21.6 Å². The lowest BCUT2D eigenvalue weighted by Gasteiger charge is -2.08. The molecule has 0 bridgehead atoms. The summed E-state index contributed by atoms with van der Waals surface area (Å²) in [6, 6.07) is 9.57. The van der Waals surface area contributed by atoms with Gasteiger partial charge in [-0.15, -0.1) is 0 Å². The van der Waals surface area contributed by atoms with Crippen LogP contribution < -0.4 is 0 Å². The monoisotopic (exact) mass is 397 g/mol. The second-order valence-electron chi connectivity index (χ2n) is 4.74. The average molecular weight is 398 g/mol. The van der Waals surface area contributed by atoms with Crippen LogP contribution in [-0.2, 0) is 10.0 Å². The molecule has 0 radical (unpaired) electrons. The number of carboxylic acid groups (broad SMARTS) is 1. The van der Waals surface area contributed by atoms with E-state index in [9.17, 15) is 22.7 Å². The molecule has 0 atom stereocenters. The lowest BCUT2D eigenvalue weighted by molar-refractivity contribution is 0.0699. The van der Waals surface area contributed by atoms with Crippen molar-refractivity contribution in [3.63, 3.8) is 0 Å². The number of halogens is 2. The van der Waals surface area contributed by atoms with Crippen molar-refractivity contribution in [1.82, 2.24) is 3.97 Å². The Hall–Kier alpha value is -2.19. The number of aromatic nitrogens is 1. The van der Waals surface area contributed by atoms with E-state index in [1.807, 2.05) is 0 Å². The maximum absolute atomic E-state index is 14.1. The van der Waals surface area contributed by atoms with Gasteiger partial charge in [0.05, 0.1) is 10.5 Å². The highest BCUT2D eigenvalue weighted by Crippen LogP contribution is 2.28. The van der Waals surface area contributed by atoms with E-state index in [1.54, 1.807) is 0 Å². The van der Waals surface area contributed by atoms with Gasteiger partial charge in [-0.3, -0.25) is 0 Å². The number of hydrogen-bond donors (Lipinski definition) is 1. The molecule has 1 heterocycles. The number of para-hydroxylation sites is 1. The van der Waals surface area contributed by atoms with Crippen molar-refractivity contribution < 1.29 is 22.7 Å². The van der Waals surface area contributed by atoms with Crippen LogP contribution in [0, 0.1) is 5.82 Å². The molecular weight excluding hydrogens is 389 g/mol. The topological polar surface area (TPSA) is 76.4 Å². The van der Waals surface area contributed by atoms with Crippen LogP contribution in [0.1, 0.15) is 10.4 Å². The van der Waals surface area contributed by atoms with Gasteiger partial charge in [0.25, 0.3) is 10.0 Å². The summed E-state index contributed by atoms with van der Waals surface area (Å²) >= 11 is 3.20. The molecule has 118 valence electrons. The van der Waals surface area contributed by atoms with Crippen molar-refractivity contribution in [2.24, 2.45) is 0 Å². The third-order valence-corrected chi connectivity index (χ3v) is 5.55. The van der Waals surface area contributed by atoms with E-state index in [0.29, 0.717) is 8.45 Å². The van der Waals surface area contributed by atoms with Gasteiger partial charge in [0.1, 0.15) is 11.3 Å². The molecular formula is C15H9BrFNO4S. The second kappa shape index (κ2) is 5.47. The third kappa shape index (κ3) is 2.53. The summed E-state index contributed by atoms with van der Waals surface area (Å²) in [6.07, 6.45) is 0.924. The van der Waals surface area contributed by atoms with Crippen molar-refractivity contribution >= 4 is 42.8 Å². The van der Waals surface area contributed by atoms with Gasteiger partial charge >= 0.3 is 5.97 Å². The van der Waals surface area contributed by atoms with E-state index in [4.69, 9.17) is 0 Å². The highest BCUT2D eigenvalue weighted by molar-refractivity contribution is 9.10. The van der Waals surface area contributed by atoms with Gasteiger partial charge in [-0.1, -0.05) is 28.1 Å². The molecule has 0 amide bonds. The Balaban J connectivity index is 2.36. The first-order chi connectivity index (χ1) is 10.8. The summed E-state index contributed by atoms with van der Waals surface area (Å²) < 4.78 is 41.0. The largest absolute Gasteiger partial charge is 0.478 e. The van der Waals surface area contributed by atoms with Crippen molar-refractivity contribution in [3.8, 4) is 0 Å². The van der Waals surface area contributed by atoms with E-state index >= 15 is 0 Å².